The zero-order chi connectivity index (χ0) is 50.8. The molecule has 0 fully saturated rings. The first-order valence-electron chi connectivity index (χ1n) is 21.6. The summed E-state index contributed by atoms with van der Waals surface area (Å²) >= 11 is 1.36. The molecule has 0 aromatic heterocycles. The van der Waals surface area contributed by atoms with Crippen molar-refractivity contribution in [2.24, 2.45) is 39.9 Å². The van der Waals surface area contributed by atoms with Crippen LogP contribution in [0.5, 0.6) is 0 Å². The van der Waals surface area contributed by atoms with E-state index < -0.39 is 151 Å². The number of carboxylic acid groups (broad SMARTS) is 2. The number of rotatable bonds is 32. The highest BCUT2D eigenvalue weighted by molar-refractivity contribution is 7.98. The molecule has 0 aliphatic rings. The van der Waals surface area contributed by atoms with Crippen LogP contribution >= 0.6 is 11.8 Å². The number of carbonyl (C=O) groups excluding carboxylic acids is 8. The highest BCUT2D eigenvalue weighted by atomic mass is 32.2. The van der Waals surface area contributed by atoms with Gasteiger partial charge in [-0.1, -0.05) is 48.0 Å². The Bertz CT molecular complexity index is 1700. The van der Waals surface area contributed by atoms with Crippen LogP contribution in [-0.2, 0) is 47.9 Å². The molecule has 0 unspecified atom stereocenters. The van der Waals surface area contributed by atoms with Gasteiger partial charge in [-0.05, 0) is 62.4 Å². The normalized spacial score (nSPS) is 15.2. The standard InChI is InChI=1S/C40H72N12O13S/c1-9-21(6)31(38(63)49-25(12-13-28(55)56)36(61)51-29(19(2)3)37(62)52-30(20(4)5)39(64)65)50-27(54)17-45-34(59)26(14-16-66-8)48-35(60)24(11-10-15-44-40(42)43)47-32(57)22(7)46-33(58)23(41)18-53/h19-26,29-31,53H,9-18,41H2,1-8H3,(H,45,59)(H,46,58)(H,47,57)(H,48,60)(H,49,63)(H,50,54)(H,51,61)(H,52,62)(H,55,56)(H,64,65)(H4,42,43,44)/t21-,22-,23-,24-,25-,26-,29-,30-,31-/m0/s1. The van der Waals surface area contributed by atoms with E-state index in [1.807, 2.05) is 0 Å². The highest BCUT2D eigenvalue weighted by Crippen LogP contribution is 2.12. The molecular weight excluding hydrogens is 889 g/mol. The third-order valence-corrected chi connectivity index (χ3v) is 10.7. The van der Waals surface area contributed by atoms with Gasteiger partial charge in [0.1, 0.15) is 48.3 Å². The molecule has 376 valence electrons. The lowest BCUT2D eigenvalue weighted by atomic mass is 9.97. The smallest absolute Gasteiger partial charge is 0.326 e. The Morgan fingerprint density at radius 3 is 1.65 bits per heavy atom. The number of carboxylic acids is 2. The molecule has 0 saturated carbocycles. The van der Waals surface area contributed by atoms with Gasteiger partial charge in [0, 0.05) is 13.0 Å². The van der Waals surface area contributed by atoms with Crippen LogP contribution in [0, 0.1) is 17.8 Å². The molecule has 0 aliphatic carbocycles. The van der Waals surface area contributed by atoms with Crippen molar-refractivity contribution in [2.45, 2.75) is 135 Å². The molecule has 0 saturated heterocycles. The van der Waals surface area contributed by atoms with E-state index in [0.717, 1.165) is 0 Å². The third kappa shape index (κ3) is 22.9. The van der Waals surface area contributed by atoms with Crippen molar-refractivity contribution in [1.29, 1.82) is 0 Å². The number of aliphatic hydroxyl groups excluding tert-OH is 1. The van der Waals surface area contributed by atoms with Crippen molar-refractivity contribution in [3.8, 4) is 0 Å². The van der Waals surface area contributed by atoms with E-state index in [0.29, 0.717) is 12.2 Å². The number of nitrogens with two attached hydrogens (primary N) is 3. The molecule has 0 aromatic rings. The van der Waals surface area contributed by atoms with Crippen LogP contribution < -0.4 is 59.7 Å². The van der Waals surface area contributed by atoms with Crippen molar-refractivity contribution in [1.82, 2.24) is 42.5 Å². The quantitative estimate of drug-likeness (QED) is 0.0173. The zero-order valence-electron chi connectivity index (χ0n) is 38.9. The Hall–Kier alpha value is -5.76. The minimum atomic E-state index is -1.52. The summed E-state index contributed by atoms with van der Waals surface area (Å²) in [5.74, 6) is -10.7. The second-order valence-corrected chi connectivity index (χ2v) is 17.3. The number of amides is 8. The summed E-state index contributed by atoms with van der Waals surface area (Å²) in [5.41, 5.74) is 16.3. The first-order valence-corrected chi connectivity index (χ1v) is 22.9. The van der Waals surface area contributed by atoms with E-state index in [2.05, 4.69) is 47.5 Å². The number of guanidine groups is 1. The fourth-order valence-electron chi connectivity index (χ4n) is 5.88. The lowest BCUT2D eigenvalue weighted by Gasteiger charge is -2.29. The second kappa shape index (κ2) is 31.2. The molecule has 0 spiro atoms. The molecule has 0 heterocycles. The Labute approximate surface area is 388 Å². The van der Waals surface area contributed by atoms with E-state index in [1.54, 1.807) is 47.8 Å². The lowest BCUT2D eigenvalue weighted by Crippen LogP contribution is -2.60. The van der Waals surface area contributed by atoms with Gasteiger partial charge >= 0.3 is 11.9 Å². The number of aliphatic imine (C=N–C) groups is 1. The van der Waals surface area contributed by atoms with E-state index in [9.17, 15) is 58.2 Å². The monoisotopic (exact) mass is 961 g/mol. The molecule has 25 nitrogen and oxygen atoms in total. The number of aliphatic carboxylic acids is 2. The Morgan fingerprint density at radius 1 is 0.621 bits per heavy atom. The number of aliphatic hydroxyl groups is 1. The second-order valence-electron chi connectivity index (χ2n) is 16.3. The average Bonchev–Trinajstić information content (AvgIpc) is 3.24. The maximum atomic E-state index is 13.8. The van der Waals surface area contributed by atoms with Crippen LogP contribution in [0.25, 0.3) is 0 Å². The Morgan fingerprint density at radius 2 is 1.14 bits per heavy atom. The molecule has 8 amide bonds. The number of thioether (sulfide) groups is 1. The van der Waals surface area contributed by atoms with Crippen molar-refractivity contribution in [3.63, 3.8) is 0 Å². The van der Waals surface area contributed by atoms with Crippen LogP contribution in [0.4, 0.5) is 0 Å². The molecule has 0 radical (unpaired) electrons. The van der Waals surface area contributed by atoms with E-state index in [-0.39, 0.29) is 31.8 Å². The predicted molar refractivity (Wildman–Crippen MR) is 244 cm³/mol. The number of nitrogens with one attached hydrogen (secondary N) is 8. The van der Waals surface area contributed by atoms with Crippen LogP contribution in [0.3, 0.4) is 0 Å². The van der Waals surface area contributed by atoms with Gasteiger partial charge in [-0.2, -0.15) is 11.8 Å². The molecule has 0 bridgehead atoms. The molecule has 66 heavy (non-hydrogen) atoms. The van der Waals surface area contributed by atoms with Gasteiger partial charge in [-0.25, -0.2) is 4.79 Å². The Kier molecular flexibility index (Phi) is 28.5. The van der Waals surface area contributed by atoms with Gasteiger partial charge in [0.2, 0.25) is 47.3 Å². The van der Waals surface area contributed by atoms with E-state index in [1.165, 1.54) is 18.7 Å². The van der Waals surface area contributed by atoms with Crippen LogP contribution in [0.1, 0.15) is 87.0 Å². The number of carbonyl (C=O) groups is 10. The lowest BCUT2D eigenvalue weighted by molar-refractivity contribution is -0.144. The summed E-state index contributed by atoms with van der Waals surface area (Å²) < 4.78 is 0. The van der Waals surface area contributed by atoms with Crippen LogP contribution in [-0.4, -0.2) is 161 Å². The fourth-order valence-corrected chi connectivity index (χ4v) is 6.35. The largest absolute Gasteiger partial charge is 0.481 e. The fraction of sp³-hybridized carbons (Fsp3) is 0.725. The molecule has 0 rings (SSSR count). The summed E-state index contributed by atoms with van der Waals surface area (Å²) in [6.07, 6.45) is 1.37. The molecule has 0 aromatic carbocycles. The SMILES string of the molecule is CC[C@H](C)[C@H](NC(=O)CNC(=O)[C@H](CCSC)NC(=O)[C@H](CCCN=C(N)N)NC(=O)[C@H](C)NC(=O)[C@@H](N)CO)C(=O)N[C@@H](CCC(=O)O)C(=O)N[C@H](C(=O)N[C@H](C(=O)O)C(C)C)C(C)C. The third-order valence-electron chi connectivity index (χ3n) is 10.1. The van der Waals surface area contributed by atoms with Gasteiger partial charge < -0.3 is 75.1 Å². The molecule has 0 aliphatic heterocycles. The highest BCUT2D eigenvalue weighted by Gasteiger charge is 2.35. The number of hydrogen-bond donors (Lipinski definition) is 14. The van der Waals surface area contributed by atoms with Gasteiger partial charge in [0.15, 0.2) is 5.96 Å². The molecule has 26 heteroatoms. The number of nitrogens with zero attached hydrogens (tertiary/aromatic N) is 1. The zero-order valence-corrected chi connectivity index (χ0v) is 39.8. The first-order chi connectivity index (χ1) is 30.8. The minimum Gasteiger partial charge on any atom is -0.481 e. The summed E-state index contributed by atoms with van der Waals surface area (Å²) in [7, 11) is 0. The van der Waals surface area contributed by atoms with Gasteiger partial charge in [-0.15, -0.1) is 0 Å². The number of hydrogen-bond acceptors (Lipinski definition) is 14. The first kappa shape index (κ1) is 60.2. The summed E-state index contributed by atoms with van der Waals surface area (Å²) in [6.45, 7) is 9.75. The Balaban J connectivity index is 6.19. The van der Waals surface area contributed by atoms with Gasteiger partial charge in [-0.3, -0.25) is 48.1 Å². The maximum absolute atomic E-state index is 13.8. The van der Waals surface area contributed by atoms with Crippen LogP contribution in [0.15, 0.2) is 4.99 Å². The molecule has 9 atom stereocenters. The minimum absolute atomic E-state index is 0.0124. The van der Waals surface area contributed by atoms with Crippen molar-refractivity contribution in [2.75, 3.05) is 31.7 Å². The summed E-state index contributed by atoms with van der Waals surface area (Å²) in [5, 5.41) is 47.9. The van der Waals surface area contributed by atoms with Gasteiger partial charge in [0.05, 0.1) is 13.2 Å². The van der Waals surface area contributed by atoms with Crippen molar-refractivity contribution >= 4 is 76.9 Å². The molecule has 17 N–H and O–H groups in total. The van der Waals surface area contributed by atoms with Gasteiger partial charge in [0.25, 0.3) is 0 Å². The van der Waals surface area contributed by atoms with Crippen LogP contribution in [0.2, 0.25) is 0 Å². The summed E-state index contributed by atoms with van der Waals surface area (Å²) in [4.78, 5) is 133. The van der Waals surface area contributed by atoms with E-state index in [4.69, 9.17) is 22.3 Å². The average molecular weight is 961 g/mol. The molecular formula is C40H72N12O13S. The van der Waals surface area contributed by atoms with Crippen molar-refractivity contribution < 1.29 is 63.3 Å². The van der Waals surface area contributed by atoms with Crippen molar-refractivity contribution in [3.05, 3.63) is 0 Å². The predicted octanol–water partition coefficient (Wildman–Crippen LogP) is -4.05. The summed E-state index contributed by atoms with van der Waals surface area (Å²) in [6, 6.07) is -10.3. The maximum Gasteiger partial charge on any atom is 0.326 e. The van der Waals surface area contributed by atoms with E-state index >= 15 is 0 Å². The topological polar surface area (TPSA) is 418 Å².